The van der Waals surface area contributed by atoms with Crippen molar-refractivity contribution in [3.05, 3.63) is 34.9 Å². The molecule has 0 radical (unpaired) electrons. The highest BCUT2D eigenvalue weighted by Gasteiger charge is 2.09. The maximum atomic E-state index is 9.67. The average Bonchev–Trinajstić information content (AvgIpc) is 2.04. The number of rotatable bonds is 3. The average molecular weight is 180 g/mol. The summed E-state index contributed by atoms with van der Waals surface area (Å²) in [4.78, 5) is 0. The quantitative estimate of drug-likeness (QED) is 0.770. The molecule has 1 rings (SSSR count). The molecule has 0 saturated heterocycles. The van der Waals surface area contributed by atoms with Gasteiger partial charge in [-0.25, -0.2) is 0 Å². The third kappa shape index (κ3) is 2.54. The van der Waals surface area contributed by atoms with Crippen LogP contribution < -0.4 is 0 Å². The summed E-state index contributed by atoms with van der Waals surface area (Å²) in [6.07, 6.45) is -0.509. The van der Waals surface area contributed by atoms with Gasteiger partial charge in [0.05, 0.1) is 6.61 Å². The lowest BCUT2D eigenvalue weighted by Crippen LogP contribution is -2.06. The van der Waals surface area contributed by atoms with Crippen LogP contribution in [-0.4, -0.2) is 18.8 Å². The molecule has 1 unspecified atom stereocenters. The molecule has 0 saturated carbocycles. The minimum absolute atomic E-state index is 0.351. The smallest absolute Gasteiger partial charge is 0.103 e. The third-order valence-corrected chi connectivity index (χ3v) is 2.11. The Morgan fingerprint density at radius 1 is 1.38 bits per heavy atom. The van der Waals surface area contributed by atoms with E-state index in [-0.39, 0.29) is 0 Å². The molecule has 0 amide bonds. The highest BCUT2D eigenvalue weighted by molar-refractivity contribution is 5.31. The molecule has 2 nitrogen and oxygen atoms in total. The van der Waals surface area contributed by atoms with Gasteiger partial charge in [0, 0.05) is 7.11 Å². The largest absolute Gasteiger partial charge is 0.386 e. The number of benzene rings is 1. The molecule has 2 heteroatoms. The maximum absolute atomic E-state index is 9.67. The topological polar surface area (TPSA) is 29.5 Å². The summed E-state index contributed by atoms with van der Waals surface area (Å²) < 4.78 is 4.89. The van der Waals surface area contributed by atoms with Crippen LogP contribution >= 0.6 is 0 Å². The van der Waals surface area contributed by atoms with Crippen molar-refractivity contribution in [1.82, 2.24) is 0 Å². The van der Waals surface area contributed by atoms with E-state index < -0.39 is 6.10 Å². The molecule has 13 heavy (non-hydrogen) atoms. The van der Waals surface area contributed by atoms with Gasteiger partial charge in [-0.15, -0.1) is 0 Å². The van der Waals surface area contributed by atoms with Gasteiger partial charge in [0.15, 0.2) is 0 Å². The van der Waals surface area contributed by atoms with Crippen LogP contribution in [-0.2, 0) is 4.74 Å². The number of hydrogen-bond donors (Lipinski definition) is 1. The lowest BCUT2D eigenvalue weighted by molar-refractivity contribution is 0.0640. The Bertz CT molecular complexity index is 281. The fraction of sp³-hybridized carbons (Fsp3) is 0.455. The van der Waals surface area contributed by atoms with Crippen molar-refractivity contribution in [2.24, 2.45) is 0 Å². The fourth-order valence-electron chi connectivity index (χ4n) is 1.45. The van der Waals surface area contributed by atoms with E-state index in [1.165, 1.54) is 5.56 Å². The van der Waals surface area contributed by atoms with Crippen molar-refractivity contribution < 1.29 is 9.84 Å². The van der Waals surface area contributed by atoms with Crippen molar-refractivity contribution in [3.8, 4) is 0 Å². The standard InChI is InChI=1S/C11H16O2/c1-8-4-5-10(9(2)6-8)11(12)7-13-3/h4-6,11-12H,7H2,1-3H3. The molecule has 0 aliphatic heterocycles. The number of methoxy groups -OCH3 is 1. The van der Waals surface area contributed by atoms with Gasteiger partial charge in [-0.3, -0.25) is 0 Å². The Morgan fingerprint density at radius 3 is 2.62 bits per heavy atom. The molecule has 0 aromatic heterocycles. The summed E-state index contributed by atoms with van der Waals surface area (Å²) in [6.45, 7) is 4.39. The summed E-state index contributed by atoms with van der Waals surface area (Å²) in [5.41, 5.74) is 3.28. The Morgan fingerprint density at radius 2 is 2.08 bits per heavy atom. The van der Waals surface area contributed by atoms with Crippen LogP contribution in [0.4, 0.5) is 0 Å². The summed E-state index contributed by atoms with van der Waals surface area (Å²) in [6, 6.07) is 6.02. The first kappa shape index (κ1) is 10.2. The third-order valence-electron chi connectivity index (χ3n) is 2.11. The Kier molecular flexibility index (Phi) is 3.46. The SMILES string of the molecule is COCC(O)c1ccc(C)cc1C. The van der Waals surface area contributed by atoms with Gasteiger partial charge in [0.2, 0.25) is 0 Å². The molecule has 0 aliphatic carbocycles. The zero-order valence-corrected chi connectivity index (χ0v) is 8.37. The normalized spacial score (nSPS) is 12.9. The minimum atomic E-state index is -0.509. The molecule has 1 N–H and O–H groups in total. The molecular weight excluding hydrogens is 164 g/mol. The van der Waals surface area contributed by atoms with E-state index in [0.717, 1.165) is 11.1 Å². The van der Waals surface area contributed by atoms with Gasteiger partial charge in [-0.1, -0.05) is 23.8 Å². The van der Waals surface area contributed by atoms with Gasteiger partial charge in [-0.2, -0.15) is 0 Å². The van der Waals surface area contributed by atoms with Crippen molar-refractivity contribution in [1.29, 1.82) is 0 Å². The van der Waals surface area contributed by atoms with Crippen LogP contribution in [0, 0.1) is 13.8 Å². The zero-order chi connectivity index (χ0) is 9.84. The molecule has 0 bridgehead atoms. The second-order valence-electron chi connectivity index (χ2n) is 3.33. The first-order chi connectivity index (χ1) is 6.15. The Labute approximate surface area is 79.2 Å². The summed E-state index contributed by atoms with van der Waals surface area (Å²) in [7, 11) is 1.59. The second kappa shape index (κ2) is 4.40. The van der Waals surface area contributed by atoms with Crippen LogP contribution in [0.25, 0.3) is 0 Å². The van der Waals surface area contributed by atoms with Gasteiger partial charge < -0.3 is 9.84 Å². The highest BCUT2D eigenvalue weighted by atomic mass is 16.5. The van der Waals surface area contributed by atoms with Gasteiger partial charge in [0.1, 0.15) is 6.10 Å². The molecule has 1 atom stereocenters. The van der Waals surface area contributed by atoms with E-state index in [2.05, 4.69) is 6.07 Å². The summed E-state index contributed by atoms with van der Waals surface area (Å²) >= 11 is 0. The van der Waals surface area contributed by atoms with Gasteiger partial charge >= 0.3 is 0 Å². The predicted molar refractivity (Wildman–Crippen MR) is 52.8 cm³/mol. The summed E-state index contributed by atoms with van der Waals surface area (Å²) in [5.74, 6) is 0. The molecule has 72 valence electrons. The Hall–Kier alpha value is -0.860. The molecule has 0 spiro atoms. The molecule has 0 aliphatic rings. The van der Waals surface area contributed by atoms with Crippen LogP contribution in [0.1, 0.15) is 22.8 Å². The van der Waals surface area contributed by atoms with E-state index in [1.807, 2.05) is 26.0 Å². The predicted octanol–water partition coefficient (Wildman–Crippen LogP) is 1.98. The van der Waals surface area contributed by atoms with E-state index in [9.17, 15) is 5.11 Å². The highest BCUT2D eigenvalue weighted by Crippen LogP contribution is 2.18. The lowest BCUT2D eigenvalue weighted by atomic mass is 10.0. The van der Waals surface area contributed by atoms with E-state index >= 15 is 0 Å². The number of aryl methyl sites for hydroxylation is 2. The number of ether oxygens (including phenoxy) is 1. The molecule has 0 heterocycles. The monoisotopic (exact) mass is 180 g/mol. The van der Waals surface area contributed by atoms with Crippen molar-refractivity contribution >= 4 is 0 Å². The van der Waals surface area contributed by atoms with Crippen LogP contribution in [0.3, 0.4) is 0 Å². The van der Waals surface area contributed by atoms with E-state index in [0.29, 0.717) is 6.61 Å². The lowest BCUT2D eigenvalue weighted by Gasteiger charge is -2.12. The molecule has 1 aromatic rings. The van der Waals surface area contributed by atoms with Crippen molar-refractivity contribution in [3.63, 3.8) is 0 Å². The van der Waals surface area contributed by atoms with Crippen molar-refractivity contribution in [2.75, 3.05) is 13.7 Å². The fourth-order valence-corrected chi connectivity index (χ4v) is 1.45. The van der Waals surface area contributed by atoms with Crippen LogP contribution in [0.15, 0.2) is 18.2 Å². The molecule has 0 fully saturated rings. The number of hydrogen-bond acceptors (Lipinski definition) is 2. The molecule has 1 aromatic carbocycles. The minimum Gasteiger partial charge on any atom is -0.386 e. The van der Waals surface area contributed by atoms with Crippen LogP contribution in [0.2, 0.25) is 0 Å². The Balaban J connectivity index is 2.88. The number of aliphatic hydroxyl groups excluding tert-OH is 1. The van der Waals surface area contributed by atoms with Gasteiger partial charge in [-0.05, 0) is 25.0 Å². The second-order valence-corrected chi connectivity index (χ2v) is 3.33. The molecular formula is C11H16O2. The zero-order valence-electron chi connectivity index (χ0n) is 8.37. The maximum Gasteiger partial charge on any atom is 0.103 e. The van der Waals surface area contributed by atoms with E-state index in [4.69, 9.17) is 4.74 Å². The van der Waals surface area contributed by atoms with Crippen molar-refractivity contribution in [2.45, 2.75) is 20.0 Å². The van der Waals surface area contributed by atoms with Gasteiger partial charge in [0.25, 0.3) is 0 Å². The summed E-state index contributed by atoms with van der Waals surface area (Å²) in [5, 5.41) is 9.67. The van der Waals surface area contributed by atoms with Crippen LogP contribution in [0.5, 0.6) is 0 Å². The number of aliphatic hydroxyl groups is 1. The first-order valence-corrected chi connectivity index (χ1v) is 4.39. The first-order valence-electron chi connectivity index (χ1n) is 4.39. The van der Waals surface area contributed by atoms with E-state index in [1.54, 1.807) is 7.11 Å².